The van der Waals surface area contributed by atoms with Gasteiger partial charge in [0.25, 0.3) is 0 Å². The third kappa shape index (κ3) is 8.75. The fourth-order valence-electron chi connectivity index (χ4n) is 3.47. The van der Waals surface area contributed by atoms with Gasteiger partial charge in [0.1, 0.15) is 0 Å². The standard InChI is InChI=1S/C28H44N2/c1-10-12-13-14-22(3)19-27(11-2)30(21-24(5)29-9)20-23(4)25-15-17-26(18-16-25)28(6,7)8/h10-18,23-24,29H,3,19-21H2,1-2,4-9H3/b12-10-,14-13-,27-11-. The Morgan fingerprint density at radius 2 is 1.70 bits per heavy atom. The van der Waals surface area contributed by atoms with Crippen molar-refractivity contribution in [2.45, 2.75) is 72.3 Å². The average Bonchev–Trinajstić information content (AvgIpc) is 2.71. The van der Waals surface area contributed by atoms with Crippen LogP contribution in [0.2, 0.25) is 0 Å². The van der Waals surface area contributed by atoms with Crippen molar-refractivity contribution in [1.82, 2.24) is 10.2 Å². The topological polar surface area (TPSA) is 15.3 Å². The Balaban J connectivity index is 2.99. The zero-order valence-electron chi connectivity index (χ0n) is 20.6. The zero-order valence-corrected chi connectivity index (χ0v) is 20.6. The first-order chi connectivity index (χ1) is 14.1. The summed E-state index contributed by atoms with van der Waals surface area (Å²) in [7, 11) is 2.03. The molecule has 0 amide bonds. The van der Waals surface area contributed by atoms with E-state index in [9.17, 15) is 0 Å². The third-order valence-corrected chi connectivity index (χ3v) is 5.61. The van der Waals surface area contributed by atoms with Crippen molar-refractivity contribution in [1.29, 1.82) is 0 Å². The number of hydrogen-bond acceptors (Lipinski definition) is 2. The summed E-state index contributed by atoms with van der Waals surface area (Å²) in [6, 6.07) is 9.61. The molecule has 0 bridgehead atoms. The summed E-state index contributed by atoms with van der Waals surface area (Å²) in [5, 5.41) is 3.39. The molecule has 166 valence electrons. The highest BCUT2D eigenvalue weighted by Gasteiger charge is 2.18. The Morgan fingerprint density at radius 1 is 1.07 bits per heavy atom. The summed E-state index contributed by atoms with van der Waals surface area (Å²) < 4.78 is 0. The highest BCUT2D eigenvalue weighted by Crippen LogP contribution is 2.26. The van der Waals surface area contributed by atoms with Gasteiger partial charge < -0.3 is 10.2 Å². The first-order valence-corrected chi connectivity index (χ1v) is 11.3. The number of benzene rings is 1. The van der Waals surface area contributed by atoms with Crippen molar-refractivity contribution in [3.05, 3.63) is 83.6 Å². The predicted molar refractivity (Wildman–Crippen MR) is 135 cm³/mol. The lowest BCUT2D eigenvalue weighted by Crippen LogP contribution is -2.39. The molecule has 2 atom stereocenters. The number of allylic oxidation sites excluding steroid dienone is 6. The Labute approximate surface area is 186 Å². The molecule has 0 aliphatic carbocycles. The summed E-state index contributed by atoms with van der Waals surface area (Å²) in [6.45, 7) is 21.8. The lowest BCUT2D eigenvalue weighted by atomic mass is 9.85. The van der Waals surface area contributed by atoms with Crippen LogP contribution >= 0.6 is 0 Å². The van der Waals surface area contributed by atoms with E-state index in [1.165, 1.54) is 16.8 Å². The van der Waals surface area contributed by atoms with Gasteiger partial charge in [0, 0.05) is 31.2 Å². The lowest BCUT2D eigenvalue weighted by molar-refractivity contribution is 0.292. The van der Waals surface area contributed by atoms with Crippen molar-refractivity contribution in [3.63, 3.8) is 0 Å². The summed E-state index contributed by atoms with van der Waals surface area (Å²) in [5.41, 5.74) is 5.44. The quantitative estimate of drug-likeness (QED) is 0.397. The number of likely N-dealkylation sites (N-methyl/N-ethyl adjacent to an activating group) is 1. The molecule has 1 N–H and O–H groups in total. The normalized spacial score (nSPS) is 15.0. The molecule has 0 radical (unpaired) electrons. The van der Waals surface area contributed by atoms with Gasteiger partial charge >= 0.3 is 0 Å². The summed E-state index contributed by atoms with van der Waals surface area (Å²) in [6.07, 6.45) is 11.4. The smallest absolute Gasteiger partial charge is 0.0326 e. The fraction of sp³-hybridized carbons (Fsp3) is 0.500. The maximum absolute atomic E-state index is 4.26. The fourth-order valence-corrected chi connectivity index (χ4v) is 3.47. The highest BCUT2D eigenvalue weighted by molar-refractivity contribution is 5.30. The van der Waals surface area contributed by atoms with Crippen LogP contribution in [0.25, 0.3) is 0 Å². The van der Waals surface area contributed by atoms with E-state index < -0.39 is 0 Å². The van der Waals surface area contributed by atoms with Crippen LogP contribution in [0, 0.1) is 0 Å². The van der Waals surface area contributed by atoms with Crippen LogP contribution in [-0.2, 0) is 5.41 Å². The Hall–Kier alpha value is -2.06. The van der Waals surface area contributed by atoms with Gasteiger partial charge in [0.05, 0.1) is 0 Å². The Kier molecular flexibility index (Phi) is 10.9. The van der Waals surface area contributed by atoms with Crippen LogP contribution in [0.1, 0.15) is 71.9 Å². The zero-order chi connectivity index (χ0) is 22.7. The van der Waals surface area contributed by atoms with E-state index in [2.05, 4.69) is 101 Å². The summed E-state index contributed by atoms with van der Waals surface area (Å²) in [4.78, 5) is 2.53. The van der Waals surface area contributed by atoms with E-state index in [1.807, 2.05) is 26.1 Å². The van der Waals surface area contributed by atoms with E-state index in [-0.39, 0.29) is 5.41 Å². The molecule has 2 unspecified atom stereocenters. The molecule has 0 saturated carbocycles. The minimum absolute atomic E-state index is 0.189. The molecule has 0 heterocycles. The van der Waals surface area contributed by atoms with Gasteiger partial charge in [-0.3, -0.25) is 0 Å². The second-order valence-electron chi connectivity index (χ2n) is 9.37. The van der Waals surface area contributed by atoms with E-state index in [4.69, 9.17) is 0 Å². The minimum Gasteiger partial charge on any atom is -0.373 e. The van der Waals surface area contributed by atoms with E-state index >= 15 is 0 Å². The van der Waals surface area contributed by atoms with Gasteiger partial charge in [0.2, 0.25) is 0 Å². The van der Waals surface area contributed by atoms with Crippen LogP contribution < -0.4 is 5.32 Å². The van der Waals surface area contributed by atoms with Crippen molar-refractivity contribution in [3.8, 4) is 0 Å². The molecule has 1 rings (SSSR count). The number of hydrogen-bond donors (Lipinski definition) is 1. The summed E-state index contributed by atoms with van der Waals surface area (Å²) in [5.74, 6) is 0.449. The molecule has 0 aromatic heterocycles. The van der Waals surface area contributed by atoms with E-state index in [0.717, 1.165) is 25.1 Å². The molecule has 0 aliphatic heterocycles. The molecule has 0 aliphatic rings. The first kappa shape index (κ1) is 26.0. The van der Waals surface area contributed by atoms with Gasteiger partial charge in [-0.2, -0.15) is 0 Å². The van der Waals surface area contributed by atoms with Crippen LogP contribution in [0.3, 0.4) is 0 Å². The molecule has 1 aromatic carbocycles. The maximum atomic E-state index is 4.26. The maximum Gasteiger partial charge on any atom is 0.0326 e. The monoisotopic (exact) mass is 408 g/mol. The van der Waals surface area contributed by atoms with Gasteiger partial charge in [0.15, 0.2) is 0 Å². The summed E-state index contributed by atoms with van der Waals surface area (Å²) >= 11 is 0. The van der Waals surface area contributed by atoms with Crippen molar-refractivity contribution in [2.24, 2.45) is 0 Å². The van der Waals surface area contributed by atoms with E-state index in [1.54, 1.807) is 0 Å². The van der Waals surface area contributed by atoms with Crippen LogP contribution in [0.4, 0.5) is 0 Å². The molecule has 0 spiro atoms. The number of nitrogens with one attached hydrogen (secondary N) is 1. The second kappa shape index (κ2) is 12.6. The third-order valence-electron chi connectivity index (χ3n) is 5.61. The SMILES string of the molecule is C=C(/C=C\C=C/C)C/C(=C/C)N(CC(C)NC)CC(C)c1ccc(C(C)(C)C)cc1. The minimum atomic E-state index is 0.189. The molecule has 2 nitrogen and oxygen atoms in total. The van der Waals surface area contributed by atoms with E-state index in [0.29, 0.717) is 12.0 Å². The number of rotatable bonds is 11. The molecular formula is C28H44N2. The van der Waals surface area contributed by atoms with Gasteiger partial charge in [-0.15, -0.1) is 0 Å². The van der Waals surface area contributed by atoms with Crippen molar-refractivity contribution in [2.75, 3.05) is 20.1 Å². The molecule has 1 aromatic rings. The highest BCUT2D eigenvalue weighted by atomic mass is 15.2. The predicted octanol–water partition coefficient (Wildman–Crippen LogP) is 6.98. The number of nitrogens with zero attached hydrogens (tertiary/aromatic N) is 1. The molecule has 2 heteroatoms. The lowest BCUT2D eigenvalue weighted by Gasteiger charge is -2.33. The Morgan fingerprint density at radius 3 is 2.20 bits per heavy atom. The van der Waals surface area contributed by atoms with Crippen LogP contribution in [-0.4, -0.2) is 31.1 Å². The van der Waals surface area contributed by atoms with Gasteiger partial charge in [-0.05, 0) is 55.9 Å². The van der Waals surface area contributed by atoms with Crippen molar-refractivity contribution < 1.29 is 0 Å². The van der Waals surface area contributed by atoms with Crippen LogP contribution in [0.15, 0.2) is 72.5 Å². The molecule has 0 fully saturated rings. The Bertz CT molecular complexity index is 729. The van der Waals surface area contributed by atoms with Gasteiger partial charge in [-0.25, -0.2) is 0 Å². The second-order valence-corrected chi connectivity index (χ2v) is 9.37. The van der Waals surface area contributed by atoms with Crippen molar-refractivity contribution >= 4 is 0 Å². The van der Waals surface area contributed by atoms with Crippen LogP contribution in [0.5, 0.6) is 0 Å². The molecular weight excluding hydrogens is 364 g/mol. The molecule has 30 heavy (non-hydrogen) atoms. The average molecular weight is 409 g/mol. The van der Waals surface area contributed by atoms with Gasteiger partial charge in [-0.1, -0.05) is 88.9 Å². The largest absolute Gasteiger partial charge is 0.373 e. The first-order valence-electron chi connectivity index (χ1n) is 11.3. The molecule has 0 saturated heterocycles.